The molecule has 0 heterocycles. The molecule has 1 aliphatic rings. The van der Waals surface area contributed by atoms with Crippen molar-refractivity contribution in [3.8, 4) is 0 Å². The van der Waals surface area contributed by atoms with Gasteiger partial charge in [0, 0.05) is 17.6 Å². The van der Waals surface area contributed by atoms with E-state index in [1.165, 1.54) is 35.2 Å². The summed E-state index contributed by atoms with van der Waals surface area (Å²) in [5, 5.41) is 3.52. The van der Waals surface area contributed by atoms with Crippen molar-refractivity contribution in [3.05, 3.63) is 94.0 Å². The van der Waals surface area contributed by atoms with E-state index in [0.29, 0.717) is 5.02 Å². The van der Waals surface area contributed by atoms with Crippen LogP contribution < -0.4 is 9.62 Å². The Labute approximate surface area is 252 Å². The highest BCUT2D eigenvalue weighted by molar-refractivity contribution is 7.92. The predicted molar refractivity (Wildman–Crippen MR) is 164 cm³/mol. The quantitative estimate of drug-likeness (QED) is 0.287. The number of sulfonamides is 1. The van der Waals surface area contributed by atoms with Crippen LogP contribution in [-0.2, 0) is 26.2 Å². The molecule has 0 aromatic heterocycles. The Morgan fingerprint density at radius 1 is 0.951 bits per heavy atom. The number of hydrogen-bond donors (Lipinski definition) is 1. The molecule has 0 spiro atoms. The van der Waals surface area contributed by atoms with Gasteiger partial charge in [-0.25, -0.2) is 8.42 Å². The van der Waals surface area contributed by atoms with Crippen molar-refractivity contribution in [1.29, 1.82) is 0 Å². The summed E-state index contributed by atoms with van der Waals surface area (Å²) in [4.78, 5) is 28.9. The van der Waals surface area contributed by atoms with Crippen LogP contribution in [-0.4, -0.2) is 43.8 Å². The van der Waals surface area contributed by atoms with E-state index in [1.54, 1.807) is 25.1 Å². The van der Waals surface area contributed by atoms with E-state index in [2.05, 4.69) is 5.32 Å². The van der Waals surface area contributed by atoms with Gasteiger partial charge in [0.05, 0.1) is 15.6 Å². The van der Waals surface area contributed by atoms with Crippen molar-refractivity contribution in [1.82, 2.24) is 10.2 Å². The second-order valence-corrected chi connectivity index (χ2v) is 13.2. The average Bonchev–Trinajstić information content (AvgIpc) is 2.96. The van der Waals surface area contributed by atoms with Gasteiger partial charge in [-0.3, -0.25) is 13.9 Å². The molecule has 0 bridgehead atoms. The van der Waals surface area contributed by atoms with Crippen molar-refractivity contribution in [2.75, 3.05) is 10.8 Å². The molecule has 3 aromatic carbocycles. The minimum atomic E-state index is -4.21. The average molecular weight is 617 g/mol. The summed E-state index contributed by atoms with van der Waals surface area (Å²) in [6.45, 7) is 3.21. The van der Waals surface area contributed by atoms with Gasteiger partial charge >= 0.3 is 0 Å². The fourth-order valence-corrected chi connectivity index (χ4v) is 6.97. The van der Waals surface area contributed by atoms with E-state index < -0.39 is 28.5 Å². The smallest absolute Gasteiger partial charge is 0.264 e. The molecule has 0 radical (unpaired) electrons. The molecule has 41 heavy (non-hydrogen) atoms. The zero-order valence-electron chi connectivity index (χ0n) is 23.2. The second kappa shape index (κ2) is 13.7. The Hall–Kier alpha value is -3.07. The molecule has 2 amide bonds. The summed E-state index contributed by atoms with van der Waals surface area (Å²) in [5.74, 6) is -0.804. The molecule has 0 aliphatic heterocycles. The molecule has 1 N–H and O–H groups in total. The lowest BCUT2D eigenvalue weighted by Crippen LogP contribution is -2.53. The molecule has 3 aromatic rings. The van der Waals surface area contributed by atoms with E-state index in [1.807, 2.05) is 31.2 Å². The number of hydrogen-bond acceptors (Lipinski definition) is 4. The van der Waals surface area contributed by atoms with E-state index in [-0.39, 0.29) is 34.1 Å². The Balaban J connectivity index is 1.69. The number of anilines is 1. The molecule has 0 saturated heterocycles. The number of aryl methyl sites for hydroxylation is 1. The van der Waals surface area contributed by atoms with Gasteiger partial charge in [0.25, 0.3) is 10.0 Å². The Bertz CT molecular complexity index is 1460. The van der Waals surface area contributed by atoms with Gasteiger partial charge in [0.1, 0.15) is 12.6 Å². The van der Waals surface area contributed by atoms with Gasteiger partial charge < -0.3 is 10.2 Å². The van der Waals surface area contributed by atoms with Crippen LogP contribution in [0.3, 0.4) is 0 Å². The Morgan fingerprint density at radius 2 is 1.61 bits per heavy atom. The third-order valence-electron chi connectivity index (χ3n) is 7.38. The van der Waals surface area contributed by atoms with Gasteiger partial charge in [-0.05, 0) is 62.6 Å². The summed E-state index contributed by atoms with van der Waals surface area (Å²) < 4.78 is 28.7. The SMILES string of the molecule is Cc1ccc(CN(C(=O)CN(c2ccc(Cl)cc2Cl)S(=O)(=O)c2ccccc2)C(C)C(=O)NC2CCCCC2)cc1. The predicted octanol–water partition coefficient (Wildman–Crippen LogP) is 6.36. The zero-order chi connectivity index (χ0) is 29.6. The number of nitrogens with zero attached hydrogens (tertiary/aromatic N) is 2. The van der Waals surface area contributed by atoms with Gasteiger partial charge in [-0.1, -0.05) is 90.5 Å². The summed E-state index contributed by atoms with van der Waals surface area (Å²) in [6, 6.07) is 19.2. The molecule has 1 saturated carbocycles. The highest BCUT2D eigenvalue weighted by atomic mass is 35.5. The van der Waals surface area contributed by atoms with Crippen LogP contribution in [0, 0.1) is 6.92 Å². The van der Waals surface area contributed by atoms with Crippen LogP contribution in [0.25, 0.3) is 0 Å². The lowest BCUT2D eigenvalue weighted by atomic mass is 9.95. The van der Waals surface area contributed by atoms with Gasteiger partial charge in [-0.15, -0.1) is 0 Å². The largest absolute Gasteiger partial charge is 0.352 e. The second-order valence-electron chi connectivity index (χ2n) is 10.4. The molecular weight excluding hydrogens is 581 g/mol. The summed E-state index contributed by atoms with van der Waals surface area (Å²) in [5.41, 5.74) is 2.00. The Kier molecular flexibility index (Phi) is 10.3. The number of nitrogens with one attached hydrogen (secondary N) is 1. The van der Waals surface area contributed by atoms with Crippen LogP contribution in [0.4, 0.5) is 5.69 Å². The normalized spacial score (nSPS) is 14.7. The number of halogens is 2. The number of carbonyl (C=O) groups excluding carboxylic acids is 2. The van der Waals surface area contributed by atoms with Crippen LogP contribution in [0.1, 0.15) is 50.2 Å². The highest BCUT2D eigenvalue weighted by Gasteiger charge is 2.34. The fourth-order valence-electron chi connectivity index (χ4n) is 4.96. The standard InChI is InChI=1S/C31H35Cl2N3O4S/c1-22-13-15-24(16-14-22)20-35(23(2)31(38)34-26-9-5-3-6-10-26)30(37)21-36(29-18-17-25(32)19-28(29)33)41(39,40)27-11-7-4-8-12-27/h4,7-8,11-19,23,26H,3,5-6,9-10,20-21H2,1-2H3,(H,34,38). The molecular formula is C31H35Cl2N3O4S. The highest BCUT2D eigenvalue weighted by Crippen LogP contribution is 2.33. The van der Waals surface area contributed by atoms with E-state index in [0.717, 1.165) is 47.5 Å². The van der Waals surface area contributed by atoms with Gasteiger partial charge in [0.2, 0.25) is 11.8 Å². The molecule has 1 aliphatic carbocycles. The van der Waals surface area contributed by atoms with Crippen molar-refractivity contribution in [2.45, 2.75) is 69.5 Å². The summed E-state index contributed by atoms with van der Waals surface area (Å²) in [7, 11) is -4.21. The molecule has 1 fully saturated rings. The van der Waals surface area contributed by atoms with Crippen molar-refractivity contribution in [2.24, 2.45) is 0 Å². The molecule has 218 valence electrons. The third-order valence-corrected chi connectivity index (χ3v) is 9.69. The minimum absolute atomic E-state index is 0.00647. The van der Waals surface area contributed by atoms with Crippen LogP contribution in [0.5, 0.6) is 0 Å². The first kappa shape index (κ1) is 30.9. The Morgan fingerprint density at radius 3 is 2.24 bits per heavy atom. The lowest BCUT2D eigenvalue weighted by molar-refractivity contribution is -0.139. The topological polar surface area (TPSA) is 86.8 Å². The maximum absolute atomic E-state index is 14.1. The van der Waals surface area contributed by atoms with Gasteiger partial charge in [-0.2, -0.15) is 0 Å². The number of benzene rings is 3. The minimum Gasteiger partial charge on any atom is -0.352 e. The maximum Gasteiger partial charge on any atom is 0.264 e. The van der Waals surface area contributed by atoms with Crippen molar-refractivity contribution in [3.63, 3.8) is 0 Å². The number of amides is 2. The summed E-state index contributed by atoms with van der Waals surface area (Å²) in [6.07, 6.45) is 5.07. The molecule has 1 unspecified atom stereocenters. The lowest BCUT2D eigenvalue weighted by Gasteiger charge is -2.33. The fraction of sp³-hybridized carbons (Fsp3) is 0.355. The maximum atomic E-state index is 14.1. The first-order valence-electron chi connectivity index (χ1n) is 13.7. The number of rotatable bonds is 10. The van der Waals surface area contributed by atoms with Crippen LogP contribution in [0.2, 0.25) is 10.0 Å². The first-order chi connectivity index (χ1) is 19.6. The monoisotopic (exact) mass is 615 g/mol. The van der Waals surface area contributed by atoms with Crippen LogP contribution >= 0.6 is 23.2 Å². The van der Waals surface area contributed by atoms with Crippen molar-refractivity contribution < 1.29 is 18.0 Å². The molecule has 1 atom stereocenters. The summed E-state index contributed by atoms with van der Waals surface area (Å²) >= 11 is 12.6. The van der Waals surface area contributed by atoms with E-state index in [9.17, 15) is 18.0 Å². The van der Waals surface area contributed by atoms with Gasteiger partial charge in [0.15, 0.2) is 0 Å². The van der Waals surface area contributed by atoms with E-state index in [4.69, 9.17) is 23.2 Å². The van der Waals surface area contributed by atoms with Crippen molar-refractivity contribution >= 4 is 50.7 Å². The van der Waals surface area contributed by atoms with Crippen LogP contribution in [0.15, 0.2) is 77.7 Å². The molecule has 7 nitrogen and oxygen atoms in total. The third kappa shape index (κ3) is 7.82. The molecule has 10 heteroatoms. The molecule has 4 rings (SSSR count). The van der Waals surface area contributed by atoms with E-state index >= 15 is 0 Å². The first-order valence-corrected chi connectivity index (χ1v) is 15.9. The number of carbonyl (C=O) groups is 2. The zero-order valence-corrected chi connectivity index (χ0v) is 25.6.